The Morgan fingerprint density at radius 2 is 1.84 bits per heavy atom. The minimum Gasteiger partial charge on any atom is -0.502 e. The number of nitrogens with one attached hydrogen (secondary N) is 2. The van der Waals surface area contributed by atoms with Gasteiger partial charge in [0.1, 0.15) is 5.82 Å². The van der Waals surface area contributed by atoms with Gasteiger partial charge in [-0.25, -0.2) is 4.39 Å². The molecule has 0 unspecified atom stereocenters. The predicted octanol–water partition coefficient (Wildman–Crippen LogP) is 1.03. The summed E-state index contributed by atoms with van der Waals surface area (Å²) in [6.45, 7) is 0. The van der Waals surface area contributed by atoms with Crippen LogP contribution in [0, 0.1) is 15.9 Å². The van der Waals surface area contributed by atoms with Gasteiger partial charge in [-0.1, -0.05) is 12.1 Å². The van der Waals surface area contributed by atoms with E-state index in [1.807, 2.05) is 0 Å². The van der Waals surface area contributed by atoms with Crippen LogP contribution in [0.2, 0.25) is 0 Å². The number of nitro groups is 1. The number of nitro benzene ring substituents is 1. The molecule has 5 N–H and O–H groups in total. The number of nitrogens with zero attached hydrogens (tertiary/aromatic N) is 1. The number of anilines is 1. The fraction of sp³-hybridized carbons (Fsp3) is 0.0667. The molecule has 2 rings (SSSR count). The minimum absolute atomic E-state index is 0.119. The number of phenolic OH excluding ortho intramolecular Hbond substituents is 1. The molecule has 0 aliphatic heterocycles. The van der Waals surface area contributed by atoms with E-state index in [0.29, 0.717) is 5.56 Å². The highest BCUT2D eigenvalue weighted by molar-refractivity contribution is 6.01. The topological polar surface area (TPSA) is 148 Å². The van der Waals surface area contributed by atoms with Crippen molar-refractivity contribution in [1.82, 2.24) is 10.9 Å². The Hall–Kier alpha value is -3.69. The molecule has 0 fully saturated rings. The quantitative estimate of drug-likeness (QED) is 0.368. The number of hydrazine groups is 1. The highest BCUT2D eigenvalue weighted by Gasteiger charge is 2.20. The predicted molar refractivity (Wildman–Crippen MR) is 84.9 cm³/mol. The van der Waals surface area contributed by atoms with Crippen molar-refractivity contribution in [3.8, 4) is 5.75 Å². The van der Waals surface area contributed by atoms with Crippen molar-refractivity contribution in [2.24, 2.45) is 0 Å². The fourth-order valence-electron chi connectivity index (χ4n) is 1.96. The number of carbonyl (C=O) groups is 2. The van der Waals surface area contributed by atoms with E-state index in [1.54, 1.807) is 0 Å². The summed E-state index contributed by atoms with van der Waals surface area (Å²) in [6, 6.07) is 6.88. The van der Waals surface area contributed by atoms with E-state index in [9.17, 15) is 29.2 Å². The van der Waals surface area contributed by atoms with Crippen LogP contribution >= 0.6 is 0 Å². The Kier molecular flexibility index (Phi) is 5.12. The van der Waals surface area contributed by atoms with E-state index in [1.165, 1.54) is 24.3 Å². The molecule has 0 spiro atoms. The first-order valence-corrected chi connectivity index (χ1v) is 6.88. The van der Waals surface area contributed by atoms with Gasteiger partial charge in [0.2, 0.25) is 5.91 Å². The third kappa shape index (κ3) is 4.41. The molecule has 0 aromatic heterocycles. The number of benzene rings is 2. The molecule has 2 amide bonds. The molecule has 2 aromatic rings. The number of aromatic hydroxyl groups is 1. The van der Waals surface area contributed by atoms with E-state index in [-0.39, 0.29) is 17.7 Å². The Labute approximate surface area is 140 Å². The maximum Gasteiger partial charge on any atom is 0.311 e. The minimum atomic E-state index is -0.895. The molecule has 0 heterocycles. The second-order valence-electron chi connectivity index (χ2n) is 4.99. The van der Waals surface area contributed by atoms with Crippen LogP contribution in [0.15, 0.2) is 36.4 Å². The number of hydrogen-bond acceptors (Lipinski definition) is 6. The van der Waals surface area contributed by atoms with E-state index in [4.69, 9.17) is 5.73 Å². The number of phenols is 1. The van der Waals surface area contributed by atoms with Gasteiger partial charge >= 0.3 is 5.69 Å². The SMILES string of the molecule is Nc1cc(O)c([N+](=O)[O-])cc1C(=O)NNC(=O)Cc1ccc(F)cc1. The normalized spacial score (nSPS) is 10.1. The molecular weight excluding hydrogens is 335 g/mol. The van der Waals surface area contributed by atoms with Crippen molar-refractivity contribution >= 4 is 23.2 Å². The maximum absolute atomic E-state index is 12.8. The van der Waals surface area contributed by atoms with Gasteiger partial charge in [-0.05, 0) is 17.7 Å². The Morgan fingerprint density at radius 3 is 2.44 bits per heavy atom. The third-order valence-electron chi connectivity index (χ3n) is 3.18. The van der Waals surface area contributed by atoms with Crippen molar-refractivity contribution in [3.05, 3.63) is 63.5 Å². The number of rotatable bonds is 4. The third-order valence-corrected chi connectivity index (χ3v) is 3.18. The van der Waals surface area contributed by atoms with Crippen LogP contribution < -0.4 is 16.6 Å². The van der Waals surface area contributed by atoms with Crippen LogP contribution in [-0.2, 0) is 11.2 Å². The van der Waals surface area contributed by atoms with E-state index in [0.717, 1.165) is 12.1 Å². The van der Waals surface area contributed by atoms with E-state index >= 15 is 0 Å². The lowest BCUT2D eigenvalue weighted by atomic mass is 10.1. The van der Waals surface area contributed by atoms with Crippen LogP contribution in [-0.4, -0.2) is 21.8 Å². The maximum atomic E-state index is 12.8. The summed E-state index contributed by atoms with van der Waals surface area (Å²) in [5.74, 6) is -2.61. The average Bonchev–Trinajstić information content (AvgIpc) is 2.54. The Morgan fingerprint density at radius 1 is 1.20 bits per heavy atom. The van der Waals surface area contributed by atoms with Crippen LogP contribution in [0.1, 0.15) is 15.9 Å². The first kappa shape index (κ1) is 17.7. The molecule has 0 aliphatic carbocycles. The van der Waals surface area contributed by atoms with Crippen molar-refractivity contribution in [3.63, 3.8) is 0 Å². The summed E-state index contributed by atoms with van der Waals surface area (Å²) >= 11 is 0. The number of nitrogen functional groups attached to an aromatic ring is 1. The van der Waals surface area contributed by atoms with Crippen molar-refractivity contribution < 1.29 is 24.0 Å². The summed E-state index contributed by atoms with van der Waals surface area (Å²) < 4.78 is 12.8. The molecule has 0 aliphatic rings. The molecule has 0 saturated carbocycles. The standard InChI is InChI=1S/C15H13FN4O5/c16-9-3-1-8(2-4-9)5-14(22)18-19-15(23)10-6-12(20(24)25)13(21)7-11(10)17/h1-4,6-7,21H,5,17H2,(H,18,22)(H,19,23). The van der Waals surface area contributed by atoms with Crippen molar-refractivity contribution in [2.45, 2.75) is 6.42 Å². The van der Waals surface area contributed by atoms with Gasteiger partial charge in [-0.3, -0.25) is 30.6 Å². The lowest BCUT2D eigenvalue weighted by Crippen LogP contribution is -2.42. The van der Waals surface area contributed by atoms with Gasteiger partial charge < -0.3 is 10.8 Å². The van der Waals surface area contributed by atoms with Gasteiger partial charge in [0.05, 0.1) is 16.9 Å². The Balaban J connectivity index is 2.02. The molecule has 0 saturated heterocycles. The Bertz CT molecular complexity index is 839. The molecular formula is C15H13FN4O5. The first-order valence-electron chi connectivity index (χ1n) is 6.88. The summed E-state index contributed by atoms with van der Waals surface area (Å²) in [5.41, 5.74) is 9.06. The fourth-order valence-corrected chi connectivity index (χ4v) is 1.96. The van der Waals surface area contributed by atoms with Gasteiger partial charge in [0, 0.05) is 17.8 Å². The van der Waals surface area contributed by atoms with Gasteiger partial charge in [0.15, 0.2) is 5.75 Å². The number of hydrogen-bond donors (Lipinski definition) is 4. The summed E-state index contributed by atoms with van der Waals surface area (Å²) in [4.78, 5) is 33.6. The second kappa shape index (κ2) is 7.25. The summed E-state index contributed by atoms with van der Waals surface area (Å²) in [7, 11) is 0. The average molecular weight is 348 g/mol. The molecule has 25 heavy (non-hydrogen) atoms. The lowest BCUT2D eigenvalue weighted by Gasteiger charge is -2.09. The molecule has 2 aromatic carbocycles. The summed E-state index contributed by atoms with van der Waals surface area (Å²) in [6.07, 6.45) is -0.119. The van der Waals surface area contributed by atoms with Crippen molar-refractivity contribution in [2.75, 3.05) is 5.73 Å². The lowest BCUT2D eigenvalue weighted by molar-refractivity contribution is -0.385. The largest absolute Gasteiger partial charge is 0.502 e. The van der Waals surface area contributed by atoms with Gasteiger partial charge in [-0.2, -0.15) is 0 Å². The highest BCUT2D eigenvalue weighted by Crippen LogP contribution is 2.30. The van der Waals surface area contributed by atoms with Crippen molar-refractivity contribution in [1.29, 1.82) is 0 Å². The molecule has 10 heteroatoms. The molecule has 0 atom stereocenters. The van der Waals surface area contributed by atoms with E-state index < -0.39 is 34.0 Å². The molecule has 130 valence electrons. The molecule has 9 nitrogen and oxygen atoms in total. The smallest absolute Gasteiger partial charge is 0.311 e. The van der Waals surface area contributed by atoms with Crippen LogP contribution in [0.3, 0.4) is 0 Å². The zero-order chi connectivity index (χ0) is 18.6. The van der Waals surface area contributed by atoms with Crippen LogP contribution in [0.5, 0.6) is 5.75 Å². The van der Waals surface area contributed by atoms with Gasteiger partial charge in [-0.15, -0.1) is 0 Å². The molecule has 0 bridgehead atoms. The monoisotopic (exact) mass is 348 g/mol. The number of nitrogens with two attached hydrogens (primary N) is 1. The second-order valence-corrected chi connectivity index (χ2v) is 4.99. The number of amides is 2. The first-order chi connectivity index (χ1) is 11.8. The van der Waals surface area contributed by atoms with E-state index in [2.05, 4.69) is 10.9 Å². The zero-order valence-electron chi connectivity index (χ0n) is 12.7. The number of carbonyl (C=O) groups excluding carboxylic acids is 2. The van der Waals surface area contributed by atoms with Crippen LogP contribution in [0.4, 0.5) is 15.8 Å². The summed E-state index contributed by atoms with van der Waals surface area (Å²) in [5, 5.41) is 20.2. The highest BCUT2D eigenvalue weighted by atomic mass is 19.1. The number of halogens is 1. The van der Waals surface area contributed by atoms with Gasteiger partial charge in [0.25, 0.3) is 5.91 Å². The zero-order valence-corrected chi connectivity index (χ0v) is 12.7. The molecule has 0 radical (unpaired) electrons. The van der Waals surface area contributed by atoms with Crippen LogP contribution in [0.25, 0.3) is 0 Å².